The van der Waals surface area contributed by atoms with Gasteiger partial charge >= 0.3 is 11.9 Å². The summed E-state index contributed by atoms with van der Waals surface area (Å²) in [6.07, 6.45) is 2.15. The smallest absolute Gasteiger partial charge is 0.310 e. The molecule has 1 unspecified atom stereocenters. The minimum atomic E-state index is -0.943. The fraction of sp³-hybridized carbons (Fsp3) is 0.429. The third kappa shape index (κ3) is 3.87. The maximum absolute atomic E-state index is 11.3. The Morgan fingerprint density at radius 1 is 1.22 bits per heavy atom. The predicted octanol–water partition coefficient (Wildman–Crippen LogP) is 2.67. The maximum atomic E-state index is 11.3. The van der Waals surface area contributed by atoms with Crippen LogP contribution in [0, 0.1) is 0 Å². The first-order chi connectivity index (χ1) is 8.56. The zero-order valence-electron chi connectivity index (χ0n) is 10.4. The standard InChI is InChI=1S/C14H18O4/c1-2-3-7-12(14(17)18)11-8-5-4-6-10(11)9-13(15)16/h4-6,8,12H,2-3,7,9H2,1H3,(H,15,16)(H,17,18). The van der Waals surface area contributed by atoms with Gasteiger partial charge in [0.2, 0.25) is 0 Å². The lowest BCUT2D eigenvalue weighted by Crippen LogP contribution is -2.15. The van der Waals surface area contributed by atoms with E-state index in [0.717, 1.165) is 12.8 Å². The van der Waals surface area contributed by atoms with E-state index in [-0.39, 0.29) is 6.42 Å². The molecule has 2 N–H and O–H groups in total. The Labute approximate surface area is 106 Å². The Bertz CT molecular complexity index is 426. The Hall–Kier alpha value is -1.84. The minimum Gasteiger partial charge on any atom is -0.481 e. The van der Waals surface area contributed by atoms with E-state index in [4.69, 9.17) is 5.11 Å². The van der Waals surface area contributed by atoms with Gasteiger partial charge in [0.1, 0.15) is 0 Å². The maximum Gasteiger partial charge on any atom is 0.310 e. The molecule has 0 heterocycles. The molecule has 0 amide bonds. The molecular weight excluding hydrogens is 232 g/mol. The van der Waals surface area contributed by atoms with Crippen LogP contribution in [0.4, 0.5) is 0 Å². The van der Waals surface area contributed by atoms with Gasteiger partial charge in [-0.25, -0.2) is 0 Å². The quantitative estimate of drug-likeness (QED) is 0.780. The highest BCUT2D eigenvalue weighted by Gasteiger charge is 2.22. The summed E-state index contributed by atoms with van der Waals surface area (Å²) >= 11 is 0. The molecular formula is C14H18O4. The highest BCUT2D eigenvalue weighted by Crippen LogP contribution is 2.26. The molecule has 0 saturated heterocycles. The highest BCUT2D eigenvalue weighted by molar-refractivity contribution is 5.78. The molecule has 98 valence electrons. The highest BCUT2D eigenvalue weighted by atomic mass is 16.4. The van der Waals surface area contributed by atoms with Crippen molar-refractivity contribution in [2.45, 2.75) is 38.5 Å². The summed E-state index contributed by atoms with van der Waals surface area (Å²) in [5.41, 5.74) is 1.22. The van der Waals surface area contributed by atoms with Gasteiger partial charge in [0.25, 0.3) is 0 Å². The van der Waals surface area contributed by atoms with Gasteiger partial charge in [0, 0.05) is 0 Å². The molecule has 0 fully saturated rings. The molecule has 0 radical (unpaired) electrons. The van der Waals surface area contributed by atoms with E-state index in [0.29, 0.717) is 17.5 Å². The number of carboxylic acids is 2. The van der Waals surface area contributed by atoms with Crippen molar-refractivity contribution in [3.05, 3.63) is 35.4 Å². The number of unbranched alkanes of at least 4 members (excludes halogenated alkanes) is 1. The number of benzene rings is 1. The second-order valence-electron chi connectivity index (χ2n) is 4.30. The number of carbonyl (C=O) groups is 2. The van der Waals surface area contributed by atoms with Crippen LogP contribution in [0.1, 0.15) is 43.2 Å². The van der Waals surface area contributed by atoms with Crippen molar-refractivity contribution in [2.24, 2.45) is 0 Å². The van der Waals surface area contributed by atoms with Crippen LogP contribution in [-0.2, 0) is 16.0 Å². The fourth-order valence-corrected chi connectivity index (χ4v) is 2.02. The Morgan fingerprint density at radius 2 is 1.89 bits per heavy atom. The van der Waals surface area contributed by atoms with Crippen molar-refractivity contribution >= 4 is 11.9 Å². The topological polar surface area (TPSA) is 74.6 Å². The zero-order chi connectivity index (χ0) is 13.5. The van der Waals surface area contributed by atoms with E-state index in [2.05, 4.69) is 0 Å². The number of hydrogen-bond donors (Lipinski definition) is 2. The van der Waals surface area contributed by atoms with Crippen LogP contribution in [-0.4, -0.2) is 22.2 Å². The molecule has 1 aromatic carbocycles. The second kappa shape index (κ2) is 6.79. The lowest BCUT2D eigenvalue weighted by Gasteiger charge is -2.15. The number of hydrogen-bond acceptors (Lipinski definition) is 2. The van der Waals surface area contributed by atoms with E-state index in [1.54, 1.807) is 24.3 Å². The van der Waals surface area contributed by atoms with Gasteiger partial charge in [0.15, 0.2) is 0 Å². The van der Waals surface area contributed by atoms with E-state index in [9.17, 15) is 14.7 Å². The summed E-state index contributed by atoms with van der Waals surface area (Å²) in [5.74, 6) is -2.44. The summed E-state index contributed by atoms with van der Waals surface area (Å²) in [5, 5.41) is 18.1. The first kappa shape index (κ1) is 14.2. The molecule has 4 nitrogen and oxygen atoms in total. The number of carboxylic acid groups (broad SMARTS) is 2. The van der Waals surface area contributed by atoms with Crippen LogP contribution in [0.2, 0.25) is 0 Å². The number of aliphatic carboxylic acids is 2. The molecule has 0 aliphatic rings. The molecule has 4 heteroatoms. The Morgan fingerprint density at radius 3 is 2.44 bits per heavy atom. The first-order valence-corrected chi connectivity index (χ1v) is 6.08. The van der Waals surface area contributed by atoms with Crippen LogP contribution >= 0.6 is 0 Å². The van der Waals surface area contributed by atoms with Gasteiger partial charge in [-0.3, -0.25) is 9.59 Å². The van der Waals surface area contributed by atoms with Gasteiger partial charge in [-0.15, -0.1) is 0 Å². The average molecular weight is 250 g/mol. The van der Waals surface area contributed by atoms with Gasteiger partial charge in [0.05, 0.1) is 12.3 Å². The van der Waals surface area contributed by atoms with Gasteiger partial charge in [-0.05, 0) is 17.5 Å². The van der Waals surface area contributed by atoms with Gasteiger partial charge < -0.3 is 10.2 Å². The van der Waals surface area contributed by atoms with Crippen molar-refractivity contribution < 1.29 is 19.8 Å². The summed E-state index contributed by atoms with van der Waals surface area (Å²) in [7, 11) is 0. The van der Waals surface area contributed by atoms with Crippen molar-refractivity contribution in [3.8, 4) is 0 Å². The average Bonchev–Trinajstić information content (AvgIpc) is 2.30. The molecule has 1 aromatic rings. The van der Waals surface area contributed by atoms with Crippen molar-refractivity contribution in [2.75, 3.05) is 0 Å². The van der Waals surface area contributed by atoms with Crippen molar-refractivity contribution in [3.63, 3.8) is 0 Å². The third-order valence-electron chi connectivity index (χ3n) is 2.92. The van der Waals surface area contributed by atoms with Crippen LogP contribution in [0.3, 0.4) is 0 Å². The van der Waals surface area contributed by atoms with Crippen LogP contribution in [0.15, 0.2) is 24.3 Å². The lowest BCUT2D eigenvalue weighted by molar-refractivity contribution is -0.139. The Kier molecular flexibility index (Phi) is 5.36. The molecule has 0 saturated carbocycles. The predicted molar refractivity (Wildman–Crippen MR) is 67.7 cm³/mol. The van der Waals surface area contributed by atoms with Crippen molar-refractivity contribution in [1.29, 1.82) is 0 Å². The second-order valence-corrected chi connectivity index (χ2v) is 4.30. The largest absolute Gasteiger partial charge is 0.481 e. The van der Waals surface area contributed by atoms with E-state index in [1.807, 2.05) is 6.92 Å². The summed E-state index contributed by atoms with van der Waals surface area (Å²) in [4.78, 5) is 22.1. The summed E-state index contributed by atoms with van der Waals surface area (Å²) in [6, 6.07) is 6.89. The summed E-state index contributed by atoms with van der Waals surface area (Å²) < 4.78 is 0. The molecule has 18 heavy (non-hydrogen) atoms. The Balaban J connectivity index is 3.02. The third-order valence-corrected chi connectivity index (χ3v) is 2.92. The SMILES string of the molecule is CCCCC(C(=O)O)c1ccccc1CC(=O)O. The van der Waals surface area contributed by atoms with Gasteiger partial charge in [-0.2, -0.15) is 0 Å². The monoisotopic (exact) mass is 250 g/mol. The first-order valence-electron chi connectivity index (χ1n) is 6.08. The number of rotatable bonds is 7. The molecule has 1 rings (SSSR count). The van der Waals surface area contributed by atoms with Gasteiger partial charge in [-0.1, -0.05) is 44.0 Å². The summed E-state index contributed by atoms with van der Waals surface area (Å²) in [6.45, 7) is 2.00. The van der Waals surface area contributed by atoms with E-state index < -0.39 is 17.9 Å². The van der Waals surface area contributed by atoms with Crippen LogP contribution in [0.25, 0.3) is 0 Å². The van der Waals surface area contributed by atoms with Crippen molar-refractivity contribution in [1.82, 2.24) is 0 Å². The van der Waals surface area contributed by atoms with Crippen LogP contribution in [0.5, 0.6) is 0 Å². The van der Waals surface area contributed by atoms with Crippen LogP contribution < -0.4 is 0 Å². The van der Waals surface area contributed by atoms with E-state index >= 15 is 0 Å². The molecule has 0 aliphatic heterocycles. The lowest BCUT2D eigenvalue weighted by atomic mass is 9.89. The fourth-order valence-electron chi connectivity index (χ4n) is 2.02. The molecule has 1 atom stereocenters. The molecule has 0 aliphatic carbocycles. The zero-order valence-corrected chi connectivity index (χ0v) is 10.4. The molecule has 0 aromatic heterocycles. The van der Waals surface area contributed by atoms with E-state index in [1.165, 1.54) is 0 Å². The molecule has 0 bridgehead atoms. The molecule has 0 spiro atoms. The normalized spacial score (nSPS) is 12.1. The minimum absolute atomic E-state index is 0.133.